The number of aryl methyl sites for hydroxylation is 1. The number of alkyl halides is 1. The number of aromatic nitrogens is 1. The molecule has 2 rings (SSSR count). The van der Waals surface area contributed by atoms with E-state index in [9.17, 15) is 0 Å². The van der Waals surface area contributed by atoms with Gasteiger partial charge in [0.25, 0.3) is 0 Å². The molecule has 0 saturated carbocycles. The predicted octanol–water partition coefficient (Wildman–Crippen LogP) is 3.76. The lowest BCUT2D eigenvalue weighted by Crippen LogP contribution is -2.28. The Morgan fingerprint density at radius 2 is 2.00 bits per heavy atom. The third-order valence-corrected chi connectivity index (χ3v) is 5.05. The molecule has 100 valence electrons. The summed E-state index contributed by atoms with van der Waals surface area (Å²) in [6.07, 6.45) is 3.59. The summed E-state index contributed by atoms with van der Waals surface area (Å²) < 4.78 is 5.91. The Morgan fingerprint density at radius 1 is 1.28 bits per heavy atom. The standard InChI is InChI=1S/C15H22BrNO/c1-9-5-6-13(17-8-9)7-14(16)15-10(2)11(3)18-12(15)4/h5-6,8,10-12,14-15H,7H2,1-4H3. The van der Waals surface area contributed by atoms with Crippen LogP contribution in [0.3, 0.4) is 0 Å². The molecule has 0 aliphatic carbocycles. The van der Waals surface area contributed by atoms with E-state index < -0.39 is 0 Å². The van der Waals surface area contributed by atoms with Crippen LogP contribution in [0.2, 0.25) is 0 Å². The van der Waals surface area contributed by atoms with E-state index in [4.69, 9.17) is 4.74 Å². The molecular formula is C15H22BrNO. The maximum Gasteiger partial charge on any atom is 0.0593 e. The van der Waals surface area contributed by atoms with Gasteiger partial charge in [0.05, 0.1) is 12.2 Å². The van der Waals surface area contributed by atoms with Crippen molar-refractivity contribution < 1.29 is 4.74 Å². The summed E-state index contributed by atoms with van der Waals surface area (Å²) in [4.78, 5) is 4.92. The summed E-state index contributed by atoms with van der Waals surface area (Å²) in [6, 6.07) is 4.25. The maximum absolute atomic E-state index is 5.91. The average Bonchev–Trinajstić information content (AvgIpc) is 2.56. The molecule has 0 N–H and O–H groups in total. The van der Waals surface area contributed by atoms with Crippen LogP contribution in [0.5, 0.6) is 0 Å². The first-order valence-corrected chi connectivity index (χ1v) is 7.61. The van der Waals surface area contributed by atoms with Crippen molar-refractivity contribution in [3.05, 3.63) is 29.6 Å². The van der Waals surface area contributed by atoms with Crippen LogP contribution in [-0.2, 0) is 11.2 Å². The minimum absolute atomic E-state index is 0.324. The molecule has 2 heterocycles. The molecule has 1 aliphatic rings. The molecule has 0 aromatic carbocycles. The molecule has 0 spiro atoms. The fourth-order valence-corrected chi connectivity index (χ4v) is 4.12. The molecule has 0 amide bonds. The number of hydrogen-bond acceptors (Lipinski definition) is 2. The number of pyridine rings is 1. The van der Waals surface area contributed by atoms with Gasteiger partial charge in [-0.3, -0.25) is 4.98 Å². The van der Waals surface area contributed by atoms with Crippen molar-refractivity contribution in [2.24, 2.45) is 11.8 Å². The van der Waals surface area contributed by atoms with E-state index >= 15 is 0 Å². The number of ether oxygens (including phenoxy) is 1. The number of rotatable bonds is 3. The highest BCUT2D eigenvalue weighted by Crippen LogP contribution is 2.38. The Labute approximate surface area is 118 Å². The Bertz CT molecular complexity index is 392. The fourth-order valence-electron chi connectivity index (χ4n) is 2.87. The van der Waals surface area contributed by atoms with Gasteiger partial charge in [-0.15, -0.1) is 0 Å². The first-order valence-electron chi connectivity index (χ1n) is 6.70. The smallest absolute Gasteiger partial charge is 0.0593 e. The van der Waals surface area contributed by atoms with Gasteiger partial charge in [-0.1, -0.05) is 28.9 Å². The number of halogens is 1. The van der Waals surface area contributed by atoms with Crippen LogP contribution in [-0.4, -0.2) is 22.0 Å². The van der Waals surface area contributed by atoms with E-state index in [-0.39, 0.29) is 0 Å². The molecule has 1 aliphatic heterocycles. The first kappa shape index (κ1) is 14.0. The van der Waals surface area contributed by atoms with Crippen LogP contribution >= 0.6 is 15.9 Å². The molecule has 18 heavy (non-hydrogen) atoms. The van der Waals surface area contributed by atoms with Gasteiger partial charge in [-0.25, -0.2) is 0 Å². The average molecular weight is 312 g/mol. The van der Waals surface area contributed by atoms with E-state index in [1.54, 1.807) is 0 Å². The van der Waals surface area contributed by atoms with Crippen molar-refractivity contribution in [1.82, 2.24) is 4.98 Å². The van der Waals surface area contributed by atoms with Gasteiger partial charge in [-0.2, -0.15) is 0 Å². The van der Waals surface area contributed by atoms with Gasteiger partial charge in [-0.05, 0) is 38.3 Å². The molecule has 3 heteroatoms. The zero-order valence-corrected chi connectivity index (χ0v) is 13.1. The summed E-state index contributed by atoms with van der Waals surface area (Å²) in [5, 5.41) is 0. The summed E-state index contributed by atoms with van der Waals surface area (Å²) in [6.45, 7) is 8.71. The molecule has 5 atom stereocenters. The van der Waals surface area contributed by atoms with E-state index in [1.807, 2.05) is 6.20 Å². The van der Waals surface area contributed by atoms with Crippen molar-refractivity contribution in [1.29, 1.82) is 0 Å². The van der Waals surface area contributed by atoms with Gasteiger partial charge in [0.15, 0.2) is 0 Å². The molecule has 0 bridgehead atoms. The molecule has 1 aromatic heterocycles. The van der Waals surface area contributed by atoms with Crippen molar-refractivity contribution >= 4 is 15.9 Å². The van der Waals surface area contributed by atoms with Crippen molar-refractivity contribution in [2.45, 2.75) is 51.2 Å². The van der Waals surface area contributed by atoms with Crippen LogP contribution in [0.4, 0.5) is 0 Å². The van der Waals surface area contributed by atoms with Crippen LogP contribution in [0.25, 0.3) is 0 Å². The van der Waals surface area contributed by atoms with Gasteiger partial charge in [0.1, 0.15) is 0 Å². The van der Waals surface area contributed by atoms with Crippen molar-refractivity contribution in [3.63, 3.8) is 0 Å². The summed E-state index contributed by atoms with van der Waals surface area (Å²) in [7, 11) is 0. The van der Waals surface area contributed by atoms with E-state index in [0.717, 1.165) is 12.1 Å². The molecule has 0 radical (unpaired) electrons. The molecule has 1 aromatic rings. The molecule has 5 unspecified atom stereocenters. The highest BCUT2D eigenvalue weighted by Gasteiger charge is 2.40. The van der Waals surface area contributed by atoms with Gasteiger partial charge >= 0.3 is 0 Å². The van der Waals surface area contributed by atoms with E-state index in [2.05, 4.69) is 60.7 Å². The molecule has 1 saturated heterocycles. The fraction of sp³-hybridized carbons (Fsp3) is 0.667. The van der Waals surface area contributed by atoms with Crippen LogP contribution < -0.4 is 0 Å². The Balaban J connectivity index is 2.03. The number of nitrogens with zero attached hydrogens (tertiary/aromatic N) is 1. The lowest BCUT2D eigenvalue weighted by atomic mass is 9.85. The van der Waals surface area contributed by atoms with Crippen molar-refractivity contribution in [2.75, 3.05) is 0 Å². The maximum atomic E-state index is 5.91. The van der Waals surface area contributed by atoms with Gasteiger partial charge in [0, 0.05) is 29.1 Å². The quantitative estimate of drug-likeness (QED) is 0.793. The number of hydrogen-bond donors (Lipinski definition) is 0. The monoisotopic (exact) mass is 311 g/mol. The predicted molar refractivity (Wildman–Crippen MR) is 78.1 cm³/mol. The zero-order chi connectivity index (χ0) is 13.3. The van der Waals surface area contributed by atoms with E-state index in [1.165, 1.54) is 5.56 Å². The summed E-state index contributed by atoms with van der Waals surface area (Å²) in [5.74, 6) is 1.15. The SMILES string of the molecule is Cc1ccc(CC(Br)C2C(C)OC(C)C2C)nc1. The molecule has 2 nitrogen and oxygen atoms in total. The normalized spacial score (nSPS) is 33.6. The lowest BCUT2D eigenvalue weighted by molar-refractivity contribution is 0.0511. The largest absolute Gasteiger partial charge is 0.375 e. The first-order chi connectivity index (χ1) is 8.49. The topological polar surface area (TPSA) is 22.1 Å². The summed E-state index contributed by atoms with van der Waals surface area (Å²) >= 11 is 3.85. The molecule has 1 fully saturated rings. The third kappa shape index (κ3) is 2.94. The van der Waals surface area contributed by atoms with Crippen LogP contribution in [0.1, 0.15) is 32.0 Å². The lowest BCUT2D eigenvalue weighted by Gasteiger charge is -2.24. The van der Waals surface area contributed by atoms with E-state index in [0.29, 0.717) is 28.9 Å². The van der Waals surface area contributed by atoms with Crippen LogP contribution in [0.15, 0.2) is 18.3 Å². The van der Waals surface area contributed by atoms with Gasteiger partial charge in [0.2, 0.25) is 0 Å². The molecular weight excluding hydrogens is 290 g/mol. The summed E-state index contributed by atoms with van der Waals surface area (Å²) in [5.41, 5.74) is 2.37. The second kappa shape index (κ2) is 5.70. The second-order valence-corrected chi connectivity index (χ2v) is 6.71. The minimum atomic E-state index is 0.324. The van der Waals surface area contributed by atoms with Gasteiger partial charge < -0.3 is 4.74 Å². The van der Waals surface area contributed by atoms with Crippen molar-refractivity contribution in [3.8, 4) is 0 Å². The Kier molecular flexibility index (Phi) is 4.44. The second-order valence-electron chi connectivity index (χ2n) is 5.53. The minimum Gasteiger partial charge on any atom is -0.375 e. The Hall–Kier alpha value is -0.410. The highest BCUT2D eigenvalue weighted by atomic mass is 79.9. The third-order valence-electron chi connectivity index (χ3n) is 4.11. The Morgan fingerprint density at radius 3 is 2.50 bits per heavy atom. The highest BCUT2D eigenvalue weighted by molar-refractivity contribution is 9.09. The van der Waals surface area contributed by atoms with Crippen LogP contribution in [0, 0.1) is 18.8 Å². The zero-order valence-electron chi connectivity index (χ0n) is 11.6.